The summed E-state index contributed by atoms with van der Waals surface area (Å²) in [5.74, 6) is 0.675. The lowest BCUT2D eigenvalue weighted by molar-refractivity contribution is -0.134. The number of amides is 2. The van der Waals surface area contributed by atoms with E-state index in [0.717, 1.165) is 63.1 Å². The van der Waals surface area contributed by atoms with E-state index in [4.69, 9.17) is 0 Å². The Hall–Kier alpha value is -2.76. The van der Waals surface area contributed by atoms with Crippen molar-refractivity contribution in [3.8, 4) is 0 Å². The van der Waals surface area contributed by atoms with E-state index in [1.807, 2.05) is 29.2 Å². The number of benzene rings is 2. The predicted molar refractivity (Wildman–Crippen MR) is 149 cm³/mol. The highest BCUT2D eigenvalue weighted by Gasteiger charge is 2.34. The fraction of sp³-hybridized carbons (Fsp3) is 0.517. The second-order valence-electron chi connectivity index (χ2n) is 9.73. The number of rotatable bonds is 10. The van der Waals surface area contributed by atoms with Gasteiger partial charge in [0, 0.05) is 43.5 Å². The molecule has 2 aromatic carbocycles. The lowest BCUT2D eigenvalue weighted by atomic mass is 9.78. The zero-order chi connectivity index (χ0) is 25.4. The summed E-state index contributed by atoms with van der Waals surface area (Å²) in [4.78, 5) is 30.4. The van der Waals surface area contributed by atoms with Crippen LogP contribution in [-0.4, -0.2) is 50.7 Å². The van der Waals surface area contributed by atoms with Crippen molar-refractivity contribution in [2.45, 2.75) is 59.3 Å². The molecule has 0 saturated carbocycles. The fourth-order valence-electron chi connectivity index (χ4n) is 5.47. The highest BCUT2D eigenvalue weighted by molar-refractivity contribution is 6.36. The van der Waals surface area contributed by atoms with E-state index in [0.29, 0.717) is 5.92 Å². The van der Waals surface area contributed by atoms with Gasteiger partial charge in [-0.2, -0.15) is 0 Å². The largest absolute Gasteiger partial charge is 0.372 e. The minimum atomic E-state index is -0.0815. The van der Waals surface area contributed by atoms with Crippen molar-refractivity contribution in [3.63, 3.8) is 0 Å². The van der Waals surface area contributed by atoms with Crippen LogP contribution < -0.4 is 15.7 Å². The normalized spacial score (nSPS) is 15.2. The van der Waals surface area contributed by atoms with E-state index < -0.39 is 0 Å². The summed E-state index contributed by atoms with van der Waals surface area (Å²) in [5.41, 5.74) is 4.39. The van der Waals surface area contributed by atoms with Gasteiger partial charge in [-0.3, -0.25) is 9.59 Å². The van der Waals surface area contributed by atoms with Crippen LogP contribution >= 0.6 is 0 Å². The maximum Gasteiger partial charge on any atom is 0.230 e. The van der Waals surface area contributed by atoms with Gasteiger partial charge in [-0.1, -0.05) is 49.6 Å². The Labute approximate surface area is 212 Å². The summed E-state index contributed by atoms with van der Waals surface area (Å²) in [6.07, 6.45) is 3.68. The first-order valence-corrected chi connectivity index (χ1v) is 13.4. The van der Waals surface area contributed by atoms with Crippen molar-refractivity contribution >= 4 is 36.5 Å². The third-order valence-corrected chi connectivity index (χ3v) is 7.67. The van der Waals surface area contributed by atoms with Gasteiger partial charge in [-0.05, 0) is 69.2 Å². The van der Waals surface area contributed by atoms with E-state index in [1.165, 1.54) is 11.2 Å². The molecule has 1 N–H and O–H groups in total. The Morgan fingerprint density at radius 3 is 2.17 bits per heavy atom. The average molecular weight is 475 g/mol. The molecule has 1 atom stereocenters. The SMILES string of the molecule is Bc1cc(NC(=O)C(CC)CC)ccc1N1CCC(C(C(=O)N(CC)CC)c2ccccc2)CC1. The van der Waals surface area contributed by atoms with Crippen LogP contribution in [0.5, 0.6) is 0 Å². The van der Waals surface area contributed by atoms with Crippen molar-refractivity contribution in [1.82, 2.24) is 4.90 Å². The van der Waals surface area contributed by atoms with Crippen LogP contribution in [0.25, 0.3) is 0 Å². The molecule has 0 bridgehead atoms. The molecule has 0 aliphatic carbocycles. The molecule has 0 radical (unpaired) electrons. The monoisotopic (exact) mass is 475 g/mol. The third-order valence-electron chi connectivity index (χ3n) is 7.67. The van der Waals surface area contributed by atoms with Crippen LogP contribution in [0.3, 0.4) is 0 Å². The zero-order valence-electron chi connectivity index (χ0n) is 22.2. The summed E-state index contributed by atoms with van der Waals surface area (Å²) in [6, 6.07) is 16.6. The molecule has 1 unspecified atom stereocenters. The molecule has 5 nitrogen and oxygen atoms in total. The van der Waals surface area contributed by atoms with Crippen LogP contribution in [0, 0.1) is 11.8 Å². The van der Waals surface area contributed by atoms with Crippen molar-refractivity contribution in [2.24, 2.45) is 11.8 Å². The number of hydrogen-bond acceptors (Lipinski definition) is 3. The smallest absolute Gasteiger partial charge is 0.230 e. The number of anilines is 2. The minimum absolute atomic E-state index is 0.0608. The maximum absolute atomic E-state index is 13.5. The fourth-order valence-corrected chi connectivity index (χ4v) is 5.47. The summed E-state index contributed by atoms with van der Waals surface area (Å²) in [7, 11) is 2.12. The highest BCUT2D eigenvalue weighted by Crippen LogP contribution is 2.35. The molecule has 1 saturated heterocycles. The average Bonchev–Trinajstić information content (AvgIpc) is 2.87. The van der Waals surface area contributed by atoms with Crippen LogP contribution in [-0.2, 0) is 9.59 Å². The van der Waals surface area contributed by atoms with E-state index in [-0.39, 0.29) is 23.7 Å². The first-order chi connectivity index (χ1) is 16.9. The molecule has 35 heavy (non-hydrogen) atoms. The molecule has 1 aliphatic rings. The van der Waals surface area contributed by atoms with Gasteiger partial charge in [0.05, 0.1) is 5.92 Å². The second-order valence-corrected chi connectivity index (χ2v) is 9.73. The number of hydrogen-bond donors (Lipinski definition) is 1. The van der Waals surface area contributed by atoms with Gasteiger partial charge in [-0.25, -0.2) is 0 Å². The standard InChI is InChI=1S/C29H42BN3O2/c1-5-21(6-2)28(34)31-24-14-15-26(25(30)20-24)33-18-16-23(17-19-33)27(22-12-10-9-11-13-22)29(35)32(7-3)8-4/h9-15,20-21,23,27H,5-8,16-19,30H2,1-4H3,(H,31,34). The molecular formula is C29H42BN3O2. The number of nitrogens with one attached hydrogen (secondary N) is 1. The van der Waals surface area contributed by atoms with Gasteiger partial charge in [0.25, 0.3) is 0 Å². The zero-order valence-corrected chi connectivity index (χ0v) is 22.2. The minimum Gasteiger partial charge on any atom is -0.372 e. The Morgan fingerprint density at radius 2 is 1.63 bits per heavy atom. The lowest BCUT2D eigenvalue weighted by Gasteiger charge is -2.39. The van der Waals surface area contributed by atoms with Crippen molar-refractivity contribution in [2.75, 3.05) is 36.4 Å². The summed E-state index contributed by atoms with van der Waals surface area (Å²) < 4.78 is 0. The lowest BCUT2D eigenvalue weighted by Crippen LogP contribution is -2.43. The molecular weight excluding hydrogens is 433 g/mol. The first-order valence-electron chi connectivity index (χ1n) is 13.4. The highest BCUT2D eigenvalue weighted by atomic mass is 16.2. The second kappa shape index (κ2) is 12.8. The molecule has 0 spiro atoms. The number of piperidine rings is 1. The van der Waals surface area contributed by atoms with Crippen molar-refractivity contribution in [3.05, 3.63) is 54.1 Å². The molecule has 6 heteroatoms. The van der Waals surface area contributed by atoms with Crippen LogP contribution in [0.1, 0.15) is 64.9 Å². The van der Waals surface area contributed by atoms with Gasteiger partial charge in [-0.15, -0.1) is 0 Å². The summed E-state index contributed by atoms with van der Waals surface area (Å²) in [5, 5.41) is 3.09. The van der Waals surface area contributed by atoms with Crippen molar-refractivity contribution in [1.29, 1.82) is 0 Å². The van der Waals surface area contributed by atoms with Gasteiger partial charge in [0.1, 0.15) is 7.85 Å². The Bertz CT molecular complexity index is 965. The van der Waals surface area contributed by atoms with Crippen LogP contribution in [0.2, 0.25) is 0 Å². The predicted octanol–water partition coefficient (Wildman–Crippen LogP) is 4.19. The van der Waals surface area contributed by atoms with Crippen LogP contribution in [0.15, 0.2) is 48.5 Å². The topological polar surface area (TPSA) is 52.7 Å². The Kier molecular flexibility index (Phi) is 9.82. The molecule has 2 amide bonds. The van der Waals surface area contributed by atoms with Gasteiger partial charge < -0.3 is 15.1 Å². The quantitative estimate of drug-likeness (QED) is 0.525. The molecule has 1 aliphatic heterocycles. The number of nitrogens with zero attached hydrogens (tertiary/aromatic N) is 2. The third kappa shape index (κ3) is 6.47. The summed E-state index contributed by atoms with van der Waals surface area (Å²) in [6.45, 7) is 11.6. The first kappa shape index (κ1) is 26.8. The van der Waals surface area contributed by atoms with Crippen molar-refractivity contribution < 1.29 is 9.59 Å². The summed E-state index contributed by atoms with van der Waals surface area (Å²) >= 11 is 0. The molecule has 0 aromatic heterocycles. The molecule has 2 aromatic rings. The van der Waals surface area contributed by atoms with E-state index in [9.17, 15) is 9.59 Å². The van der Waals surface area contributed by atoms with E-state index in [2.05, 4.69) is 70.0 Å². The maximum atomic E-state index is 13.5. The van der Waals surface area contributed by atoms with Gasteiger partial charge in [0.15, 0.2) is 0 Å². The van der Waals surface area contributed by atoms with E-state index in [1.54, 1.807) is 0 Å². The molecule has 1 heterocycles. The number of likely N-dealkylation sites (N-methyl/N-ethyl adjacent to an activating group) is 1. The molecule has 1 fully saturated rings. The number of carbonyl (C=O) groups is 2. The van der Waals surface area contributed by atoms with Crippen LogP contribution in [0.4, 0.5) is 11.4 Å². The Morgan fingerprint density at radius 1 is 1.00 bits per heavy atom. The number of carbonyl (C=O) groups excluding carboxylic acids is 2. The van der Waals surface area contributed by atoms with E-state index >= 15 is 0 Å². The molecule has 3 rings (SSSR count). The van der Waals surface area contributed by atoms with Gasteiger partial charge in [0.2, 0.25) is 11.8 Å². The Balaban J connectivity index is 1.71. The molecule has 188 valence electrons. The van der Waals surface area contributed by atoms with Gasteiger partial charge >= 0.3 is 0 Å².